The lowest BCUT2D eigenvalue weighted by molar-refractivity contribution is 0.0245. The van der Waals surface area contributed by atoms with Gasteiger partial charge in [-0.1, -0.05) is 42.5 Å². The molecule has 0 N–H and O–H groups in total. The third kappa shape index (κ3) is 3.74. The van der Waals surface area contributed by atoms with Gasteiger partial charge < -0.3 is 9.64 Å². The van der Waals surface area contributed by atoms with E-state index in [1.807, 2.05) is 48.1 Å². The first kappa shape index (κ1) is 19.2. The molecule has 5 rings (SSSR count). The van der Waals surface area contributed by atoms with Crippen LogP contribution in [0.5, 0.6) is 0 Å². The third-order valence-corrected chi connectivity index (χ3v) is 5.76. The van der Waals surface area contributed by atoms with E-state index in [2.05, 4.69) is 32.3 Å². The summed E-state index contributed by atoms with van der Waals surface area (Å²) in [4.78, 5) is 14.6. The van der Waals surface area contributed by atoms with Gasteiger partial charge in [0, 0.05) is 49.9 Å². The lowest BCUT2D eigenvalue weighted by Gasteiger charge is -2.32. The van der Waals surface area contributed by atoms with Crippen LogP contribution in [-0.4, -0.2) is 45.1 Å². The Balaban J connectivity index is 1.35. The number of fused-ring (bicyclic) bond motifs is 1. The van der Waals surface area contributed by atoms with Crippen molar-refractivity contribution in [2.75, 3.05) is 18.0 Å². The Morgan fingerprint density at radius 1 is 0.935 bits per heavy atom. The van der Waals surface area contributed by atoms with Crippen molar-refractivity contribution in [3.8, 4) is 11.4 Å². The summed E-state index contributed by atoms with van der Waals surface area (Å²) in [5.74, 6) is 0.610. The number of anilines is 1. The minimum Gasteiger partial charge on any atom is -0.459 e. The highest BCUT2D eigenvalue weighted by Crippen LogP contribution is 2.32. The van der Waals surface area contributed by atoms with E-state index in [-0.39, 0.29) is 12.1 Å². The largest absolute Gasteiger partial charge is 0.459 e. The van der Waals surface area contributed by atoms with Crippen LogP contribution in [0.2, 0.25) is 0 Å². The van der Waals surface area contributed by atoms with Crippen LogP contribution < -0.4 is 4.90 Å². The molecule has 1 aliphatic rings. The number of nitrogens with zero attached hydrogens (tertiary/aromatic N) is 5. The molecule has 31 heavy (non-hydrogen) atoms. The molecule has 3 heterocycles. The van der Waals surface area contributed by atoms with Gasteiger partial charge in [-0.3, -0.25) is 4.68 Å². The van der Waals surface area contributed by atoms with E-state index in [1.165, 1.54) is 0 Å². The second-order valence-electron chi connectivity index (χ2n) is 7.72. The van der Waals surface area contributed by atoms with Gasteiger partial charge in [-0.05, 0) is 18.2 Å². The lowest BCUT2D eigenvalue weighted by Crippen LogP contribution is -2.38. The Kier molecular flexibility index (Phi) is 5.08. The minimum atomic E-state index is -0.259. The van der Waals surface area contributed by atoms with E-state index in [4.69, 9.17) is 4.74 Å². The molecule has 0 amide bonds. The molecule has 0 atom stereocenters. The topological polar surface area (TPSA) is 73.1 Å². The second-order valence-corrected chi connectivity index (χ2v) is 7.72. The molecular formula is C24H23N5O2. The molecule has 4 aromatic rings. The van der Waals surface area contributed by atoms with Crippen LogP contribution in [0.15, 0.2) is 66.9 Å². The molecule has 156 valence electrons. The summed E-state index contributed by atoms with van der Waals surface area (Å²) in [5.41, 5.74) is 2.35. The number of esters is 1. The fourth-order valence-corrected chi connectivity index (χ4v) is 4.10. The SMILES string of the molecule is Cn1nccc1-c1nnc(N2CCC(OC(=O)c3ccccc3)CC2)c2ccccc12. The van der Waals surface area contributed by atoms with Crippen molar-refractivity contribution in [3.63, 3.8) is 0 Å². The average molecular weight is 413 g/mol. The highest BCUT2D eigenvalue weighted by molar-refractivity contribution is 5.99. The summed E-state index contributed by atoms with van der Waals surface area (Å²) in [7, 11) is 1.90. The van der Waals surface area contributed by atoms with E-state index in [0.717, 1.165) is 53.9 Å². The van der Waals surface area contributed by atoms with E-state index >= 15 is 0 Å². The van der Waals surface area contributed by atoms with Crippen LogP contribution >= 0.6 is 0 Å². The lowest BCUT2D eigenvalue weighted by atomic mass is 10.0. The molecule has 0 saturated carbocycles. The Hall–Kier alpha value is -3.74. The average Bonchev–Trinajstić information content (AvgIpc) is 3.25. The van der Waals surface area contributed by atoms with Crippen LogP contribution in [0.1, 0.15) is 23.2 Å². The van der Waals surface area contributed by atoms with Crippen LogP contribution in [0.25, 0.3) is 22.2 Å². The molecule has 0 unspecified atom stereocenters. The van der Waals surface area contributed by atoms with Gasteiger partial charge in [-0.15, -0.1) is 10.2 Å². The zero-order valence-corrected chi connectivity index (χ0v) is 17.3. The first-order valence-corrected chi connectivity index (χ1v) is 10.5. The molecule has 0 bridgehead atoms. The first-order chi connectivity index (χ1) is 15.2. The maximum absolute atomic E-state index is 12.4. The van der Waals surface area contributed by atoms with Gasteiger partial charge in [0.05, 0.1) is 11.3 Å². The van der Waals surface area contributed by atoms with Gasteiger partial charge in [0.25, 0.3) is 0 Å². The predicted octanol–water partition coefficient (Wildman–Crippen LogP) is 3.86. The number of benzene rings is 2. The number of rotatable bonds is 4. The summed E-state index contributed by atoms with van der Waals surface area (Å²) < 4.78 is 7.53. The summed E-state index contributed by atoms with van der Waals surface area (Å²) in [6.07, 6.45) is 3.20. The molecular weight excluding hydrogens is 390 g/mol. The van der Waals surface area contributed by atoms with Crippen LogP contribution in [0.3, 0.4) is 0 Å². The van der Waals surface area contributed by atoms with Gasteiger partial charge in [-0.2, -0.15) is 5.10 Å². The molecule has 1 saturated heterocycles. The number of hydrogen-bond acceptors (Lipinski definition) is 6. The van der Waals surface area contributed by atoms with Gasteiger partial charge in [0.1, 0.15) is 11.8 Å². The molecule has 7 heteroatoms. The monoisotopic (exact) mass is 413 g/mol. The molecule has 0 radical (unpaired) electrons. The van der Waals surface area contributed by atoms with E-state index in [1.54, 1.807) is 18.3 Å². The van der Waals surface area contributed by atoms with Gasteiger partial charge in [0.2, 0.25) is 0 Å². The van der Waals surface area contributed by atoms with Crippen molar-refractivity contribution in [1.29, 1.82) is 0 Å². The standard InChI is InChI=1S/C24H23N5O2/c1-28-21(11-14-25-28)22-19-9-5-6-10-20(19)23(27-26-22)29-15-12-18(13-16-29)31-24(30)17-7-3-2-4-8-17/h2-11,14,18H,12-13,15-16H2,1H3. The van der Waals surface area contributed by atoms with Crippen LogP contribution in [-0.2, 0) is 11.8 Å². The molecule has 7 nitrogen and oxygen atoms in total. The summed E-state index contributed by atoms with van der Waals surface area (Å²) >= 11 is 0. The Labute approximate surface area is 180 Å². The highest BCUT2D eigenvalue weighted by atomic mass is 16.5. The fourth-order valence-electron chi connectivity index (χ4n) is 4.10. The second kappa shape index (κ2) is 8.18. The van der Waals surface area contributed by atoms with Crippen molar-refractivity contribution >= 4 is 22.6 Å². The van der Waals surface area contributed by atoms with Crippen LogP contribution in [0.4, 0.5) is 5.82 Å². The summed E-state index contributed by atoms with van der Waals surface area (Å²) in [6, 6.07) is 19.3. The van der Waals surface area contributed by atoms with E-state index < -0.39 is 0 Å². The van der Waals surface area contributed by atoms with E-state index in [9.17, 15) is 4.79 Å². The Bertz CT molecular complexity index is 1210. The highest BCUT2D eigenvalue weighted by Gasteiger charge is 2.25. The quantitative estimate of drug-likeness (QED) is 0.473. The Morgan fingerprint density at radius 2 is 1.65 bits per heavy atom. The van der Waals surface area contributed by atoms with Gasteiger partial charge in [-0.25, -0.2) is 4.79 Å². The molecule has 0 spiro atoms. The van der Waals surface area contributed by atoms with Crippen molar-refractivity contribution in [2.45, 2.75) is 18.9 Å². The number of carbonyl (C=O) groups is 1. The zero-order chi connectivity index (χ0) is 21.2. The minimum absolute atomic E-state index is 0.0862. The van der Waals surface area contributed by atoms with Gasteiger partial charge >= 0.3 is 5.97 Å². The smallest absolute Gasteiger partial charge is 0.338 e. The number of aromatic nitrogens is 4. The molecule has 1 fully saturated rings. The van der Waals surface area contributed by atoms with Crippen molar-refractivity contribution in [1.82, 2.24) is 20.0 Å². The maximum atomic E-state index is 12.4. The zero-order valence-electron chi connectivity index (χ0n) is 17.3. The van der Waals surface area contributed by atoms with Gasteiger partial charge in [0.15, 0.2) is 5.82 Å². The third-order valence-electron chi connectivity index (χ3n) is 5.76. The Morgan fingerprint density at radius 3 is 2.35 bits per heavy atom. The maximum Gasteiger partial charge on any atom is 0.338 e. The number of carbonyl (C=O) groups excluding carboxylic acids is 1. The molecule has 1 aliphatic heterocycles. The number of hydrogen-bond donors (Lipinski definition) is 0. The number of piperidine rings is 1. The normalized spacial score (nSPS) is 14.7. The van der Waals surface area contributed by atoms with E-state index in [0.29, 0.717) is 5.56 Å². The van der Waals surface area contributed by atoms with Crippen LogP contribution in [0, 0.1) is 0 Å². The molecule has 0 aliphatic carbocycles. The van der Waals surface area contributed by atoms with Crippen molar-refractivity contribution in [3.05, 3.63) is 72.4 Å². The predicted molar refractivity (Wildman–Crippen MR) is 119 cm³/mol. The van der Waals surface area contributed by atoms with Crippen molar-refractivity contribution < 1.29 is 9.53 Å². The molecule has 2 aromatic heterocycles. The fraction of sp³-hybridized carbons (Fsp3) is 0.250. The first-order valence-electron chi connectivity index (χ1n) is 10.5. The number of aryl methyl sites for hydroxylation is 1. The number of ether oxygens (including phenoxy) is 1. The van der Waals surface area contributed by atoms with Crippen molar-refractivity contribution in [2.24, 2.45) is 7.05 Å². The summed E-state index contributed by atoms with van der Waals surface area (Å²) in [6.45, 7) is 1.52. The summed E-state index contributed by atoms with van der Waals surface area (Å²) in [5, 5.41) is 15.5. The molecule has 2 aromatic carbocycles.